The van der Waals surface area contributed by atoms with E-state index in [0.717, 1.165) is 19.3 Å². The van der Waals surface area contributed by atoms with E-state index in [-0.39, 0.29) is 0 Å². The number of nitrogens with zero attached hydrogens (tertiary/aromatic N) is 1. The number of isocyanates is 1. The molecular weight excluding hydrogens is 185 g/mol. The van der Waals surface area contributed by atoms with Gasteiger partial charge in [-0.3, -0.25) is 0 Å². The third-order valence-electron chi connectivity index (χ3n) is 1.29. The van der Waals surface area contributed by atoms with E-state index in [9.17, 15) is 4.79 Å². The van der Waals surface area contributed by atoms with Gasteiger partial charge in [0, 0.05) is 6.42 Å². The molecule has 0 atom stereocenters. The summed E-state index contributed by atoms with van der Waals surface area (Å²) in [4.78, 5) is 13.0. The fourth-order valence-corrected chi connectivity index (χ4v) is 1.05. The molecule has 0 rings (SSSR count). The van der Waals surface area contributed by atoms with Crippen LogP contribution in [0.15, 0.2) is 4.99 Å². The summed E-state index contributed by atoms with van der Waals surface area (Å²) in [5, 5.41) is 0. The van der Waals surface area contributed by atoms with Crippen LogP contribution in [0.5, 0.6) is 0 Å². The molecule has 0 fully saturated rings. The molecule has 0 saturated carbocycles. The number of rotatable bonds is 5. The van der Waals surface area contributed by atoms with Crippen LogP contribution in [0.3, 0.4) is 0 Å². The van der Waals surface area contributed by atoms with Crippen molar-refractivity contribution in [1.29, 1.82) is 0 Å². The summed E-state index contributed by atoms with van der Waals surface area (Å²) in [5.74, 6) is 0. The second-order valence-electron chi connectivity index (χ2n) is 2.33. The van der Waals surface area contributed by atoms with Crippen molar-refractivity contribution in [3.63, 3.8) is 0 Å². The predicted octanol–water partition coefficient (Wildman–Crippen LogP) is 3.03. The van der Waals surface area contributed by atoms with E-state index in [0.29, 0.717) is 6.42 Å². The van der Waals surface area contributed by atoms with Gasteiger partial charge in [0.05, 0.1) is 0 Å². The maximum absolute atomic E-state index is 9.79. The monoisotopic (exact) mass is 195 g/mol. The van der Waals surface area contributed by atoms with Gasteiger partial charge in [-0.2, -0.15) is 4.99 Å². The first-order chi connectivity index (χ1) is 5.12. The van der Waals surface area contributed by atoms with Crippen LogP contribution in [-0.2, 0) is 4.79 Å². The van der Waals surface area contributed by atoms with E-state index in [1.165, 1.54) is 6.08 Å². The maximum Gasteiger partial charge on any atom is 0.238 e. The van der Waals surface area contributed by atoms with Crippen molar-refractivity contribution >= 4 is 29.3 Å². The number of hydrogen-bond acceptors (Lipinski definition) is 2. The molecule has 0 N–H and O–H groups in total. The van der Waals surface area contributed by atoms with Gasteiger partial charge in [0.25, 0.3) is 0 Å². The number of alkyl halides is 2. The number of carbonyl (C=O) groups excluding carboxylic acids is 1. The first-order valence-electron chi connectivity index (χ1n) is 3.59. The molecule has 0 heterocycles. The van der Waals surface area contributed by atoms with Gasteiger partial charge < -0.3 is 0 Å². The summed E-state index contributed by atoms with van der Waals surface area (Å²) in [7, 11) is 0. The number of aliphatic imine (C=N–C) groups is 1. The zero-order chi connectivity index (χ0) is 8.74. The lowest BCUT2D eigenvalue weighted by Gasteiger charge is -2.10. The van der Waals surface area contributed by atoms with Crippen LogP contribution in [0, 0.1) is 0 Å². The van der Waals surface area contributed by atoms with Gasteiger partial charge in [0.2, 0.25) is 10.5 Å². The zero-order valence-corrected chi connectivity index (χ0v) is 7.95. The molecule has 0 amide bonds. The lowest BCUT2D eigenvalue weighted by atomic mass is 10.2. The minimum Gasteiger partial charge on any atom is -0.211 e. The molecule has 0 aromatic carbocycles. The highest BCUT2D eigenvalue weighted by molar-refractivity contribution is 6.48. The van der Waals surface area contributed by atoms with Crippen molar-refractivity contribution < 1.29 is 4.79 Å². The lowest BCUT2D eigenvalue weighted by molar-refractivity contribution is 0.554. The van der Waals surface area contributed by atoms with E-state index in [1.807, 2.05) is 0 Å². The standard InChI is InChI=1S/C7H11Cl2NO/c1-2-3-4-5-7(8,9)10-6-11/h2-5H2,1H3. The molecule has 0 aliphatic heterocycles. The van der Waals surface area contributed by atoms with Gasteiger partial charge in [-0.25, -0.2) is 4.79 Å². The molecule has 0 aromatic heterocycles. The Morgan fingerprint density at radius 3 is 2.55 bits per heavy atom. The summed E-state index contributed by atoms with van der Waals surface area (Å²) in [6.07, 6.45) is 4.89. The van der Waals surface area contributed by atoms with Crippen LogP contribution < -0.4 is 0 Å². The number of unbranched alkanes of at least 4 members (excludes halogenated alkanes) is 2. The second-order valence-corrected chi connectivity index (χ2v) is 3.77. The Labute approximate surface area is 76.6 Å². The molecule has 11 heavy (non-hydrogen) atoms. The molecule has 0 bridgehead atoms. The highest BCUT2D eigenvalue weighted by atomic mass is 35.5. The van der Waals surface area contributed by atoms with E-state index in [2.05, 4.69) is 11.9 Å². The summed E-state index contributed by atoms with van der Waals surface area (Å²) in [6.45, 7) is 2.08. The topological polar surface area (TPSA) is 29.4 Å². The summed E-state index contributed by atoms with van der Waals surface area (Å²) >= 11 is 11.2. The van der Waals surface area contributed by atoms with Crippen molar-refractivity contribution in [1.82, 2.24) is 0 Å². The van der Waals surface area contributed by atoms with Crippen LogP contribution in [0.2, 0.25) is 0 Å². The van der Waals surface area contributed by atoms with E-state index < -0.39 is 4.46 Å². The van der Waals surface area contributed by atoms with E-state index >= 15 is 0 Å². The summed E-state index contributed by atoms with van der Waals surface area (Å²) in [6, 6.07) is 0. The number of halogens is 2. The molecule has 0 spiro atoms. The van der Waals surface area contributed by atoms with Crippen LogP contribution in [0.25, 0.3) is 0 Å². The largest absolute Gasteiger partial charge is 0.238 e. The molecule has 0 radical (unpaired) electrons. The maximum atomic E-state index is 9.79. The van der Waals surface area contributed by atoms with Gasteiger partial charge in [-0.05, 0) is 6.42 Å². The third kappa shape index (κ3) is 6.36. The lowest BCUT2D eigenvalue weighted by Crippen LogP contribution is -2.07. The molecule has 0 saturated heterocycles. The Bertz CT molecular complexity index is 153. The first-order valence-corrected chi connectivity index (χ1v) is 4.35. The SMILES string of the molecule is CCCCCC(Cl)(Cl)N=C=O. The Kier molecular flexibility index (Phi) is 5.57. The van der Waals surface area contributed by atoms with Crippen LogP contribution in [0.1, 0.15) is 32.6 Å². The van der Waals surface area contributed by atoms with Gasteiger partial charge in [-0.15, -0.1) is 0 Å². The Morgan fingerprint density at radius 1 is 1.45 bits per heavy atom. The van der Waals surface area contributed by atoms with Gasteiger partial charge in [-0.1, -0.05) is 43.0 Å². The van der Waals surface area contributed by atoms with Crippen molar-refractivity contribution in [2.45, 2.75) is 37.1 Å². The summed E-state index contributed by atoms with van der Waals surface area (Å²) in [5.41, 5.74) is 0. The van der Waals surface area contributed by atoms with Gasteiger partial charge in [0.1, 0.15) is 0 Å². The van der Waals surface area contributed by atoms with Gasteiger partial charge in [0.15, 0.2) is 0 Å². The number of hydrogen-bond donors (Lipinski definition) is 0. The Hall–Kier alpha value is -0.0400. The molecule has 0 aliphatic carbocycles. The fourth-order valence-electron chi connectivity index (χ4n) is 0.710. The average molecular weight is 196 g/mol. The molecule has 0 aromatic rings. The molecule has 4 heteroatoms. The van der Waals surface area contributed by atoms with Crippen LogP contribution >= 0.6 is 23.2 Å². The quantitative estimate of drug-likeness (QED) is 0.218. The predicted molar refractivity (Wildman–Crippen MR) is 46.7 cm³/mol. The van der Waals surface area contributed by atoms with Crippen LogP contribution in [0.4, 0.5) is 0 Å². The van der Waals surface area contributed by atoms with Crippen LogP contribution in [-0.4, -0.2) is 10.5 Å². The minimum absolute atomic E-state index is 0.513. The molecule has 64 valence electrons. The molecular formula is C7H11Cl2NO. The van der Waals surface area contributed by atoms with Crippen molar-refractivity contribution in [3.05, 3.63) is 0 Å². The second kappa shape index (κ2) is 5.59. The smallest absolute Gasteiger partial charge is 0.211 e. The minimum atomic E-state index is -1.25. The fraction of sp³-hybridized carbons (Fsp3) is 0.857. The molecule has 0 aliphatic rings. The summed E-state index contributed by atoms with van der Waals surface area (Å²) < 4.78 is -1.25. The third-order valence-corrected chi connectivity index (χ3v) is 1.84. The van der Waals surface area contributed by atoms with Crippen molar-refractivity contribution in [2.24, 2.45) is 4.99 Å². The zero-order valence-electron chi connectivity index (χ0n) is 6.44. The normalized spacial score (nSPS) is 10.8. The van der Waals surface area contributed by atoms with Crippen molar-refractivity contribution in [2.75, 3.05) is 0 Å². The highest BCUT2D eigenvalue weighted by Gasteiger charge is 2.21. The first kappa shape index (κ1) is 11.0. The van der Waals surface area contributed by atoms with Crippen molar-refractivity contribution in [3.8, 4) is 0 Å². The molecule has 0 unspecified atom stereocenters. The average Bonchev–Trinajstić information content (AvgIpc) is 1.87. The Morgan fingerprint density at radius 2 is 2.09 bits per heavy atom. The highest BCUT2D eigenvalue weighted by Crippen LogP contribution is 2.28. The Balaban J connectivity index is 3.63. The van der Waals surface area contributed by atoms with Gasteiger partial charge >= 0.3 is 0 Å². The van der Waals surface area contributed by atoms with E-state index in [4.69, 9.17) is 23.2 Å². The molecule has 2 nitrogen and oxygen atoms in total. The van der Waals surface area contributed by atoms with E-state index in [1.54, 1.807) is 0 Å².